The molecule has 0 unspecified atom stereocenters. The van der Waals surface area contributed by atoms with E-state index in [1.54, 1.807) is 24.3 Å². The standard InChI is InChI=1S/C10H7BrN2O4/c11-7-3-1-6(2-4-7)9-12-10(16)13(17-9)5-8(14)15/h1-4H,5H2,(H,14,15). The van der Waals surface area contributed by atoms with Crippen molar-refractivity contribution in [2.24, 2.45) is 0 Å². The normalized spacial score (nSPS) is 10.4. The minimum absolute atomic E-state index is 0.101. The van der Waals surface area contributed by atoms with Gasteiger partial charge in [0.1, 0.15) is 0 Å². The van der Waals surface area contributed by atoms with Crippen molar-refractivity contribution in [3.8, 4) is 11.5 Å². The van der Waals surface area contributed by atoms with Crippen LogP contribution in [0.4, 0.5) is 0 Å². The van der Waals surface area contributed by atoms with E-state index in [1.807, 2.05) is 0 Å². The summed E-state index contributed by atoms with van der Waals surface area (Å²) in [4.78, 5) is 25.4. The predicted molar refractivity (Wildman–Crippen MR) is 61.5 cm³/mol. The lowest BCUT2D eigenvalue weighted by Crippen LogP contribution is -2.20. The Kier molecular flexibility index (Phi) is 3.10. The van der Waals surface area contributed by atoms with Crippen LogP contribution in [-0.4, -0.2) is 20.8 Å². The zero-order valence-corrected chi connectivity index (χ0v) is 10.0. The fourth-order valence-electron chi connectivity index (χ4n) is 1.24. The molecule has 1 N–H and O–H groups in total. The van der Waals surface area contributed by atoms with E-state index in [-0.39, 0.29) is 5.89 Å². The molecule has 0 saturated heterocycles. The molecule has 2 aromatic rings. The van der Waals surface area contributed by atoms with Gasteiger partial charge in [-0.2, -0.15) is 4.98 Å². The van der Waals surface area contributed by atoms with Crippen molar-refractivity contribution in [1.82, 2.24) is 9.72 Å². The number of hydrogen-bond donors (Lipinski definition) is 1. The van der Waals surface area contributed by atoms with Crippen molar-refractivity contribution in [3.05, 3.63) is 39.2 Å². The van der Waals surface area contributed by atoms with Crippen LogP contribution in [0.25, 0.3) is 11.5 Å². The van der Waals surface area contributed by atoms with Crippen molar-refractivity contribution >= 4 is 21.9 Å². The van der Waals surface area contributed by atoms with Crippen LogP contribution < -0.4 is 5.69 Å². The van der Waals surface area contributed by atoms with Crippen LogP contribution in [0.5, 0.6) is 0 Å². The van der Waals surface area contributed by atoms with Crippen molar-refractivity contribution in [1.29, 1.82) is 0 Å². The zero-order valence-electron chi connectivity index (χ0n) is 8.46. The van der Waals surface area contributed by atoms with Gasteiger partial charge in [-0.3, -0.25) is 4.79 Å². The van der Waals surface area contributed by atoms with E-state index in [4.69, 9.17) is 9.63 Å². The molecular weight excluding hydrogens is 292 g/mol. The number of carbonyl (C=O) groups is 1. The molecule has 1 aromatic carbocycles. The number of rotatable bonds is 3. The van der Waals surface area contributed by atoms with Gasteiger partial charge in [0, 0.05) is 10.0 Å². The summed E-state index contributed by atoms with van der Waals surface area (Å²) in [6, 6.07) is 6.96. The average molecular weight is 299 g/mol. The smallest absolute Gasteiger partial charge is 0.380 e. The maximum atomic E-state index is 11.3. The van der Waals surface area contributed by atoms with E-state index < -0.39 is 18.2 Å². The van der Waals surface area contributed by atoms with E-state index >= 15 is 0 Å². The maximum absolute atomic E-state index is 11.3. The van der Waals surface area contributed by atoms with Gasteiger partial charge in [0.05, 0.1) is 0 Å². The number of carboxylic acids is 1. The van der Waals surface area contributed by atoms with Crippen LogP contribution in [0.3, 0.4) is 0 Å². The number of benzene rings is 1. The first-order valence-corrected chi connectivity index (χ1v) is 5.41. The van der Waals surface area contributed by atoms with Gasteiger partial charge in [-0.25, -0.2) is 4.79 Å². The van der Waals surface area contributed by atoms with Crippen LogP contribution in [0, 0.1) is 0 Å². The van der Waals surface area contributed by atoms with Gasteiger partial charge < -0.3 is 9.63 Å². The van der Waals surface area contributed by atoms with E-state index in [0.717, 1.165) is 4.47 Å². The summed E-state index contributed by atoms with van der Waals surface area (Å²) in [5, 5.41) is 8.55. The van der Waals surface area contributed by atoms with Crippen molar-refractivity contribution < 1.29 is 14.4 Å². The quantitative estimate of drug-likeness (QED) is 0.924. The summed E-state index contributed by atoms with van der Waals surface area (Å²) >= 11 is 3.27. The van der Waals surface area contributed by atoms with Crippen LogP contribution >= 0.6 is 15.9 Å². The third-order valence-corrected chi connectivity index (χ3v) is 2.51. The highest BCUT2D eigenvalue weighted by Crippen LogP contribution is 2.18. The zero-order chi connectivity index (χ0) is 12.4. The summed E-state index contributed by atoms with van der Waals surface area (Å²) in [5.74, 6) is -1.06. The van der Waals surface area contributed by atoms with E-state index in [0.29, 0.717) is 10.3 Å². The lowest BCUT2D eigenvalue weighted by atomic mass is 10.2. The summed E-state index contributed by atoms with van der Waals surface area (Å²) < 4.78 is 6.63. The Morgan fingerprint density at radius 3 is 2.65 bits per heavy atom. The average Bonchev–Trinajstić information content (AvgIpc) is 2.60. The molecule has 0 aliphatic carbocycles. The Balaban J connectivity index is 2.37. The van der Waals surface area contributed by atoms with Gasteiger partial charge in [0.2, 0.25) is 0 Å². The van der Waals surface area contributed by atoms with E-state index in [9.17, 15) is 9.59 Å². The lowest BCUT2D eigenvalue weighted by Gasteiger charge is -1.95. The van der Waals surface area contributed by atoms with Gasteiger partial charge in [-0.15, -0.1) is 4.74 Å². The highest BCUT2D eigenvalue weighted by molar-refractivity contribution is 9.10. The molecule has 0 saturated carbocycles. The van der Waals surface area contributed by atoms with Gasteiger partial charge in [0.25, 0.3) is 5.89 Å². The number of aromatic nitrogens is 2. The highest BCUT2D eigenvalue weighted by atomic mass is 79.9. The van der Waals surface area contributed by atoms with Crippen LogP contribution in [0.1, 0.15) is 0 Å². The third-order valence-electron chi connectivity index (χ3n) is 1.98. The summed E-state index contributed by atoms with van der Waals surface area (Å²) in [6.45, 7) is -0.539. The summed E-state index contributed by atoms with van der Waals surface area (Å²) in [5.41, 5.74) is -0.111. The molecule has 88 valence electrons. The molecule has 0 radical (unpaired) electrons. The first-order valence-electron chi connectivity index (χ1n) is 4.62. The minimum Gasteiger partial charge on any atom is -0.480 e. The van der Waals surface area contributed by atoms with E-state index in [2.05, 4.69) is 20.9 Å². The van der Waals surface area contributed by atoms with Gasteiger partial charge in [0.15, 0.2) is 6.54 Å². The second-order valence-electron chi connectivity index (χ2n) is 3.23. The number of carboxylic acid groups (broad SMARTS) is 1. The molecule has 1 heterocycles. The molecule has 6 nitrogen and oxygen atoms in total. The molecule has 17 heavy (non-hydrogen) atoms. The lowest BCUT2D eigenvalue weighted by molar-refractivity contribution is -0.138. The molecule has 0 amide bonds. The molecular formula is C10H7BrN2O4. The number of halogens is 1. The summed E-state index contributed by atoms with van der Waals surface area (Å²) in [7, 11) is 0. The van der Waals surface area contributed by atoms with Crippen molar-refractivity contribution in [3.63, 3.8) is 0 Å². The third kappa shape index (κ3) is 2.62. The Morgan fingerprint density at radius 2 is 2.06 bits per heavy atom. The van der Waals surface area contributed by atoms with Crippen molar-refractivity contribution in [2.75, 3.05) is 0 Å². The minimum atomic E-state index is -1.16. The molecule has 2 rings (SSSR count). The Morgan fingerprint density at radius 1 is 1.41 bits per heavy atom. The fraction of sp³-hybridized carbons (Fsp3) is 0.100. The molecule has 0 atom stereocenters. The maximum Gasteiger partial charge on any atom is 0.380 e. The fourth-order valence-corrected chi connectivity index (χ4v) is 1.50. The Hall–Kier alpha value is -1.89. The first-order chi connectivity index (χ1) is 8.06. The SMILES string of the molecule is O=C(O)Cn1oc(-c2ccc(Br)cc2)nc1=O. The Labute approximate surface area is 104 Å². The molecule has 0 spiro atoms. The van der Waals surface area contributed by atoms with Crippen LogP contribution in [0.2, 0.25) is 0 Å². The molecule has 0 aliphatic heterocycles. The van der Waals surface area contributed by atoms with Crippen molar-refractivity contribution in [2.45, 2.75) is 6.54 Å². The number of aliphatic carboxylic acids is 1. The predicted octanol–water partition coefficient (Wildman–Crippen LogP) is 1.35. The number of nitrogens with zero attached hydrogens (tertiary/aromatic N) is 2. The monoisotopic (exact) mass is 298 g/mol. The van der Waals surface area contributed by atoms with Gasteiger partial charge >= 0.3 is 11.7 Å². The molecule has 0 bridgehead atoms. The largest absolute Gasteiger partial charge is 0.480 e. The summed E-state index contributed by atoms with van der Waals surface area (Å²) in [6.07, 6.45) is 0. The molecule has 0 fully saturated rings. The topological polar surface area (TPSA) is 85.3 Å². The second kappa shape index (κ2) is 4.54. The van der Waals surface area contributed by atoms with Crippen LogP contribution in [0.15, 0.2) is 38.1 Å². The number of hydrogen-bond acceptors (Lipinski definition) is 4. The van der Waals surface area contributed by atoms with Gasteiger partial charge in [-0.1, -0.05) is 15.9 Å². The molecule has 1 aromatic heterocycles. The Bertz CT molecular complexity index is 600. The molecule has 7 heteroatoms. The molecule has 0 aliphatic rings. The van der Waals surface area contributed by atoms with Crippen LogP contribution in [-0.2, 0) is 11.3 Å². The second-order valence-corrected chi connectivity index (χ2v) is 4.14. The van der Waals surface area contributed by atoms with E-state index in [1.165, 1.54) is 0 Å². The van der Waals surface area contributed by atoms with Gasteiger partial charge in [-0.05, 0) is 24.3 Å². The highest BCUT2D eigenvalue weighted by Gasteiger charge is 2.12. The first kappa shape index (κ1) is 11.6.